The Morgan fingerprint density at radius 3 is 2.61 bits per heavy atom. The van der Waals surface area contributed by atoms with E-state index in [1.54, 1.807) is 19.1 Å². The van der Waals surface area contributed by atoms with E-state index in [1.165, 1.54) is 6.26 Å². The molecule has 1 aromatic carbocycles. The van der Waals surface area contributed by atoms with Crippen molar-refractivity contribution in [2.24, 2.45) is 5.92 Å². The molecule has 3 atom stereocenters. The SMILES string of the molecule is CCOC(=O)[C@H]1C(=O)C2=C(C[C@H]1c1ccco1)NC(=O)C[C@H]2c1ccccc1. The van der Waals surface area contributed by atoms with E-state index < -0.39 is 17.8 Å². The molecule has 0 radical (unpaired) electrons. The topological polar surface area (TPSA) is 85.6 Å². The van der Waals surface area contributed by atoms with Crippen molar-refractivity contribution in [2.45, 2.75) is 31.6 Å². The van der Waals surface area contributed by atoms with Crippen molar-refractivity contribution < 1.29 is 23.5 Å². The number of furan rings is 1. The summed E-state index contributed by atoms with van der Waals surface area (Å²) in [5.74, 6) is -2.30. The normalized spacial score (nSPS) is 24.5. The molecule has 2 heterocycles. The Bertz CT molecular complexity index is 929. The Balaban J connectivity index is 1.81. The highest BCUT2D eigenvalue weighted by Crippen LogP contribution is 2.45. The molecule has 0 saturated heterocycles. The summed E-state index contributed by atoms with van der Waals surface area (Å²) >= 11 is 0. The van der Waals surface area contributed by atoms with Crippen molar-refractivity contribution in [3.8, 4) is 0 Å². The van der Waals surface area contributed by atoms with Crippen LogP contribution in [-0.2, 0) is 19.1 Å². The molecule has 4 rings (SSSR count). The summed E-state index contributed by atoms with van der Waals surface area (Å²) in [4.78, 5) is 38.6. The van der Waals surface area contributed by atoms with Crippen LogP contribution in [0.15, 0.2) is 64.4 Å². The summed E-state index contributed by atoms with van der Waals surface area (Å²) in [5.41, 5.74) is 1.97. The summed E-state index contributed by atoms with van der Waals surface area (Å²) < 4.78 is 10.7. The maximum absolute atomic E-state index is 13.5. The molecule has 0 saturated carbocycles. The highest BCUT2D eigenvalue weighted by Gasteiger charge is 2.48. The molecule has 0 fully saturated rings. The van der Waals surface area contributed by atoms with Crippen LogP contribution in [0.3, 0.4) is 0 Å². The van der Waals surface area contributed by atoms with Crippen LogP contribution in [0.1, 0.15) is 42.9 Å². The van der Waals surface area contributed by atoms with Crippen molar-refractivity contribution in [3.05, 3.63) is 71.3 Å². The predicted octanol–water partition coefficient (Wildman–Crippen LogP) is 3.07. The van der Waals surface area contributed by atoms with Crippen LogP contribution in [0.4, 0.5) is 0 Å². The third-order valence-corrected chi connectivity index (χ3v) is 5.38. The smallest absolute Gasteiger partial charge is 0.317 e. The van der Waals surface area contributed by atoms with Crippen molar-refractivity contribution in [1.29, 1.82) is 0 Å². The number of Topliss-reactive ketones (excluding diaryl/α,β-unsaturated/α-hetero) is 1. The number of ether oxygens (including phenoxy) is 1. The van der Waals surface area contributed by atoms with Gasteiger partial charge in [-0.25, -0.2) is 0 Å². The van der Waals surface area contributed by atoms with Crippen molar-refractivity contribution in [1.82, 2.24) is 5.32 Å². The molecule has 1 aliphatic carbocycles. The summed E-state index contributed by atoms with van der Waals surface area (Å²) in [6.45, 7) is 1.91. The Morgan fingerprint density at radius 2 is 1.93 bits per heavy atom. The quantitative estimate of drug-likeness (QED) is 0.652. The molecule has 1 N–H and O–H groups in total. The first-order valence-corrected chi connectivity index (χ1v) is 9.42. The number of rotatable bonds is 4. The minimum Gasteiger partial charge on any atom is -0.469 e. The van der Waals surface area contributed by atoms with E-state index in [4.69, 9.17) is 9.15 Å². The number of ketones is 1. The Morgan fingerprint density at radius 1 is 1.14 bits per heavy atom. The molecule has 1 amide bonds. The lowest BCUT2D eigenvalue weighted by atomic mass is 9.69. The number of hydrogen-bond donors (Lipinski definition) is 1. The lowest BCUT2D eigenvalue weighted by Gasteiger charge is -2.37. The van der Waals surface area contributed by atoms with Crippen LogP contribution in [0.2, 0.25) is 0 Å². The zero-order chi connectivity index (χ0) is 19.7. The van der Waals surface area contributed by atoms with E-state index in [2.05, 4.69) is 5.32 Å². The van der Waals surface area contributed by atoms with Gasteiger partial charge in [0.25, 0.3) is 0 Å². The lowest BCUT2D eigenvalue weighted by molar-refractivity contribution is -0.152. The van der Waals surface area contributed by atoms with Gasteiger partial charge in [0.2, 0.25) is 5.91 Å². The molecular weight excluding hydrogens is 358 g/mol. The number of hydrogen-bond acceptors (Lipinski definition) is 5. The third-order valence-electron chi connectivity index (χ3n) is 5.38. The van der Waals surface area contributed by atoms with Crippen molar-refractivity contribution >= 4 is 17.7 Å². The van der Waals surface area contributed by atoms with Crippen LogP contribution in [0, 0.1) is 5.92 Å². The molecule has 1 aromatic heterocycles. The van der Waals surface area contributed by atoms with Crippen LogP contribution >= 0.6 is 0 Å². The van der Waals surface area contributed by atoms with Gasteiger partial charge in [-0.2, -0.15) is 0 Å². The number of carbonyl (C=O) groups is 3. The molecule has 28 heavy (non-hydrogen) atoms. The zero-order valence-electron chi connectivity index (χ0n) is 15.5. The zero-order valence-corrected chi connectivity index (χ0v) is 15.5. The van der Waals surface area contributed by atoms with Gasteiger partial charge in [0.05, 0.1) is 12.9 Å². The fourth-order valence-corrected chi connectivity index (χ4v) is 4.19. The molecule has 0 spiro atoms. The first-order chi connectivity index (χ1) is 13.6. The minimum atomic E-state index is -0.980. The highest BCUT2D eigenvalue weighted by molar-refractivity contribution is 6.12. The monoisotopic (exact) mass is 379 g/mol. The van der Waals surface area contributed by atoms with Gasteiger partial charge < -0.3 is 14.5 Å². The number of carbonyl (C=O) groups excluding carboxylic acids is 3. The average molecular weight is 379 g/mol. The maximum atomic E-state index is 13.5. The standard InChI is InChI=1S/C22H21NO5/c1-2-27-22(26)20-15(17-9-6-10-28-17)11-16-19(21(20)25)14(12-18(24)23-16)13-7-4-3-5-8-13/h3-10,14-15,20H,2,11-12H2,1H3,(H,23,24)/t14-,15-,20+/m0/s1. The van der Waals surface area contributed by atoms with E-state index in [-0.39, 0.29) is 30.6 Å². The predicted molar refractivity (Wildman–Crippen MR) is 100 cm³/mol. The van der Waals surface area contributed by atoms with Crippen molar-refractivity contribution in [3.63, 3.8) is 0 Å². The summed E-state index contributed by atoms with van der Waals surface area (Å²) in [6.07, 6.45) is 2.03. The second-order valence-corrected chi connectivity index (χ2v) is 7.03. The second kappa shape index (κ2) is 7.46. The van der Waals surface area contributed by atoms with Gasteiger partial charge in [0.15, 0.2) is 5.78 Å². The lowest BCUT2D eigenvalue weighted by Crippen LogP contribution is -2.44. The first-order valence-electron chi connectivity index (χ1n) is 9.42. The Kier molecular flexibility index (Phi) is 4.86. The molecule has 6 heteroatoms. The van der Waals surface area contributed by atoms with Gasteiger partial charge in [0.1, 0.15) is 11.7 Å². The highest BCUT2D eigenvalue weighted by atomic mass is 16.5. The third kappa shape index (κ3) is 3.15. The van der Waals surface area contributed by atoms with E-state index in [9.17, 15) is 14.4 Å². The van der Waals surface area contributed by atoms with E-state index in [0.717, 1.165) is 5.56 Å². The van der Waals surface area contributed by atoms with Gasteiger partial charge in [0, 0.05) is 29.5 Å². The number of allylic oxidation sites excluding steroid dienone is 2. The first kappa shape index (κ1) is 18.2. The van der Waals surface area contributed by atoms with Crippen LogP contribution in [0.5, 0.6) is 0 Å². The summed E-state index contributed by atoms with van der Waals surface area (Å²) in [5, 5.41) is 2.86. The van der Waals surface area contributed by atoms with Gasteiger partial charge in [-0.1, -0.05) is 30.3 Å². The molecule has 144 valence electrons. The molecule has 6 nitrogen and oxygen atoms in total. The fourth-order valence-electron chi connectivity index (χ4n) is 4.19. The molecule has 2 aliphatic rings. The molecule has 1 aliphatic heterocycles. The maximum Gasteiger partial charge on any atom is 0.317 e. The van der Waals surface area contributed by atoms with Crippen molar-refractivity contribution in [2.75, 3.05) is 6.61 Å². The number of esters is 1. The largest absolute Gasteiger partial charge is 0.469 e. The number of amides is 1. The van der Waals surface area contributed by atoms with E-state index in [1.807, 2.05) is 30.3 Å². The van der Waals surface area contributed by atoms with E-state index >= 15 is 0 Å². The van der Waals surface area contributed by atoms with Gasteiger partial charge in [-0.05, 0) is 31.0 Å². The van der Waals surface area contributed by atoms with Crippen LogP contribution in [-0.4, -0.2) is 24.3 Å². The number of nitrogens with one attached hydrogen (secondary N) is 1. The number of benzene rings is 1. The second-order valence-electron chi connectivity index (χ2n) is 7.03. The van der Waals surface area contributed by atoms with Gasteiger partial charge in [-0.15, -0.1) is 0 Å². The molecule has 0 unspecified atom stereocenters. The summed E-state index contributed by atoms with van der Waals surface area (Å²) in [6, 6.07) is 12.9. The average Bonchev–Trinajstić information content (AvgIpc) is 3.22. The summed E-state index contributed by atoms with van der Waals surface area (Å²) in [7, 11) is 0. The van der Waals surface area contributed by atoms with Gasteiger partial charge >= 0.3 is 5.97 Å². The Hall–Kier alpha value is -3.15. The fraction of sp³-hybridized carbons (Fsp3) is 0.318. The minimum absolute atomic E-state index is 0.131. The molecule has 2 aromatic rings. The van der Waals surface area contributed by atoms with E-state index in [0.29, 0.717) is 23.5 Å². The van der Waals surface area contributed by atoms with Crippen LogP contribution in [0.25, 0.3) is 0 Å². The molecular formula is C22H21NO5. The Labute approximate surface area is 162 Å². The molecule has 0 bridgehead atoms. The van der Waals surface area contributed by atoms with Crippen LogP contribution < -0.4 is 5.32 Å². The van der Waals surface area contributed by atoms with Gasteiger partial charge in [-0.3, -0.25) is 14.4 Å².